The van der Waals surface area contributed by atoms with Gasteiger partial charge in [0.1, 0.15) is 11.3 Å². The van der Waals surface area contributed by atoms with E-state index < -0.39 is 31.3 Å². The molecule has 3 rings (SSSR count). The summed E-state index contributed by atoms with van der Waals surface area (Å²) in [7, 11) is 0.513. The van der Waals surface area contributed by atoms with Gasteiger partial charge in [0.05, 0.1) is 33.4 Å². The van der Waals surface area contributed by atoms with Gasteiger partial charge in [-0.15, -0.1) is 0 Å². The zero-order valence-electron chi connectivity index (χ0n) is 13.9. The lowest BCUT2D eigenvalue weighted by molar-refractivity contribution is -0.139. The highest BCUT2D eigenvalue weighted by Crippen LogP contribution is 2.61. The van der Waals surface area contributed by atoms with Crippen LogP contribution in [-0.2, 0) is 29.0 Å². The van der Waals surface area contributed by atoms with Crippen LogP contribution in [0.2, 0.25) is 19.6 Å². The summed E-state index contributed by atoms with van der Waals surface area (Å²) < 4.78 is 16.3. The van der Waals surface area contributed by atoms with E-state index >= 15 is 0 Å². The van der Waals surface area contributed by atoms with Crippen LogP contribution in [0.1, 0.15) is 17.2 Å². The molecule has 2 aliphatic heterocycles. The number of carbonyl (C=O) groups excluding carboxylic acids is 2. The molecule has 5 nitrogen and oxygen atoms in total. The van der Waals surface area contributed by atoms with E-state index in [0.29, 0.717) is 5.57 Å². The fourth-order valence-corrected chi connectivity index (χ4v) is 6.20. The zero-order valence-corrected chi connectivity index (χ0v) is 14.9. The molecule has 2 unspecified atom stereocenters. The van der Waals surface area contributed by atoms with E-state index in [4.69, 9.17) is 14.2 Å². The largest absolute Gasteiger partial charge is 0.466 e. The molecule has 0 saturated heterocycles. The Labute approximate surface area is 136 Å². The second-order valence-electron chi connectivity index (χ2n) is 6.79. The number of ether oxygens (including phenoxy) is 3. The van der Waals surface area contributed by atoms with Crippen molar-refractivity contribution in [2.45, 2.75) is 31.0 Å². The first-order valence-corrected chi connectivity index (χ1v) is 11.0. The zero-order chi connectivity index (χ0) is 17.0. The minimum atomic E-state index is -2.12. The highest BCUT2D eigenvalue weighted by atomic mass is 28.3. The minimum absolute atomic E-state index is 0.278. The monoisotopic (exact) mass is 332 g/mol. The predicted molar refractivity (Wildman–Crippen MR) is 86.4 cm³/mol. The number of carbonyl (C=O) groups is 2. The molecule has 1 aromatic carbocycles. The van der Waals surface area contributed by atoms with Gasteiger partial charge in [-0.3, -0.25) is 0 Å². The molecule has 0 amide bonds. The molecule has 2 bridgehead atoms. The molecule has 0 radical (unpaired) electrons. The maximum atomic E-state index is 12.6. The summed E-state index contributed by atoms with van der Waals surface area (Å²) in [5.74, 6) is -1.06. The molecule has 1 aromatic rings. The van der Waals surface area contributed by atoms with Gasteiger partial charge in [0.2, 0.25) is 0 Å². The summed E-state index contributed by atoms with van der Waals surface area (Å²) >= 11 is 0. The van der Waals surface area contributed by atoms with Gasteiger partial charge in [-0.05, 0) is 11.1 Å². The third-order valence-electron chi connectivity index (χ3n) is 4.65. The Morgan fingerprint density at radius 2 is 1.70 bits per heavy atom. The number of fused-ring (bicyclic) bond motifs is 5. The van der Waals surface area contributed by atoms with Crippen LogP contribution < -0.4 is 0 Å². The van der Waals surface area contributed by atoms with Gasteiger partial charge in [-0.1, -0.05) is 43.9 Å². The average Bonchev–Trinajstić information content (AvgIpc) is 3.06. The van der Waals surface area contributed by atoms with Crippen molar-refractivity contribution in [3.05, 3.63) is 46.5 Å². The van der Waals surface area contributed by atoms with Crippen LogP contribution in [-0.4, -0.2) is 34.2 Å². The average molecular weight is 332 g/mol. The molecular formula is C17H20O5Si. The Hall–Kier alpha value is -1.92. The molecule has 0 N–H and O–H groups in total. The van der Waals surface area contributed by atoms with Gasteiger partial charge in [-0.2, -0.15) is 0 Å². The van der Waals surface area contributed by atoms with E-state index in [-0.39, 0.29) is 5.57 Å². The summed E-state index contributed by atoms with van der Waals surface area (Å²) in [6.07, 6.45) is -0.570. The topological polar surface area (TPSA) is 61.8 Å². The van der Waals surface area contributed by atoms with Crippen LogP contribution in [0.25, 0.3) is 0 Å². The first-order chi connectivity index (χ1) is 10.8. The standard InChI is InChI=1S/C17H20O5Si/c1-20-15(18)12-13(16(19)21-2)17(23(3,4)5)11-9-7-6-8-10(11)14(12)22-17/h6-9,14H,1-5H3. The van der Waals surface area contributed by atoms with Crippen LogP contribution in [0.15, 0.2) is 35.4 Å². The third kappa shape index (κ3) is 1.88. The maximum absolute atomic E-state index is 12.6. The van der Waals surface area contributed by atoms with Gasteiger partial charge in [0, 0.05) is 0 Å². The Morgan fingerprint density at radius 3 is 2.26 bits per heavy atom. The van der Waals surface area contributed by atoms with Crippen LogP contribution in [0.3, 0.4) is 0 Å². The molecule has 0 aromatic heterocycles. The first-order valence-electron chi connectivity index (χ1n) is 7.48. The van der Waals surface area contributed by atoms with Gasteiger partial charge < -0.3 is 14.2 Å². The number of benzene rings is 1. The lowest BCUT2D eigenvalue weighted by Crippen LogP contribution is -2.51. The first kappa shape index (κ1) is 16.0. The Bertz CT molecular complexity index is 731. The van der Waals surface area contributed by atoms with Crippen molar-refractivity contribution >= 4 is 20.0 Å². The minimum Gasteiger partial charge on any atom is -0.466 e. The summed E-state index contributed by atoms with van der Waals surface area (Å²) in [5, 5.41) is -0.884. The van der Waals surface area contributed by atoms with E-state index in [1.807, 2.05) is 24.3 Å². The highest BCUT2D eigenvalue weighted by Gasteiger charge is 2.65. The molecule has 0 fully saturated rings. The number of methoxy groups -OCH3 is 2. The molecule has 23 heavy (non-hydrogen) atoms. The molecule has 0 spiro atoms. The second kappa shape index (κ2) is 5.04. The van der Waals surface area contributed by atoms with Crippen molar-refractivity contribution in [1.29, 1.82) is 0 Å². The van der Waals surface area contributed by atoms with Crippen molar-refractivity contribution < 1.29 is 23.8 Å². The molecule has 2 atom stereocenters. The number of hydrogen-bond donors (Lipinski definition) is 0. The number of rotatable bonds is 3. The molecule has 6 heteroatoms. The fraction of sp³-hybridized carbons (Fsp3) is 0.412. The van der Waals surface area contributed by atoms with E-state index in [2.05, 4.69) is 19.6 Å². The molecule has 2 heterocycles. The molecule has 122 valence electrons. The lowest BCUT2D eigenvalue weighted by Gasteiger charge is -2.39. The lowest BCUT2D eigenvalue weighted by atomic mass is 9.85. The normalized spacial score (nSPS) is 25.3. The molecule has 0 saturated carbocycles. The SMILES string of the molecule is COC(=O)C1=C(C(=O)OC)C2([Si](C)(C)C)OC1c1ccccc12. The molecular weight excluding hydrogens is 312 g/mol. The van der Waals surface area contributed by atoms with Crippen molar-refractivity contribution in [1.82, 2.24) is 0 Å². The smallest absolute Gasteiger partial charge is 0.337 e. The summed E-state index contributed by atoms with van der Waals surface area (Å²) in [5.41, 5.74) is 2.50. The van der Waals surface area contributed by atoms with E-state index in [1.54, 1.807) is 0 Å². The summed E-state index contributed by atoms with van der Waals surface area (Å²) in [6.45, 7) is 6.36. The van der Waals surface area contributed by atoms with Crippen LogP contribution >= 0.6 is 0 Å². The van der Waals surface area contributed by atoms with Crippen molar-refractivity contribution in [3.63, 3.8) is 0 Å². The van der Waals surface area contributed by atoms with E-state index in [0.717, 1.165) is 11.1 Å². The van der Waals surface area contributed by atoms with Gasteiger partial charge in [0.25, 0.3) is 0 Å². The number of hydrogen-bond acceptors (Lipinski definition) is 5. The Balaban J connectivity index is 2.37. The van der Waals surface area contributed by atoms with Crippen molar-refractivity contribution in [2.24, 2.45) is 0 Å². The summed E-state index contributed by atoms with van der Waals surface area (Å²) in [4.78, 5) is 24.9. The van der Waals surface area contributed by atoms with Crippen LogP contribution in [0, 0.1) is 0 Å². The van der Waals surface area contributed by atoms with Gasteiger partial charge in [-0.25, -0.2) is 9.59 Å². The van der Waals surface area contributed by atoms with E-state index in [9.17, 15) is 9.59 Å². The van der Waals surface area contributed by atoms with Crippen LogP contribution in [0.5, 0.6) is 0 Å². The quantitative estimate of drug-likeness (QED) is 0.628. The second-order valence-corrected chi connectivity index (χ2v) is 12.0. The van der Waals surface area contributed by atoms with Gasteiger partial charge in [0.15, 0.2) is 0 Å². The van der Waals surface area contributed by atoms with E-state index in [1.165, 1.54) is 14.2 Å². The van der Waals surface area contributed by atoms with Crippen molar-refractivity contribution in [3.8, 4) is 0 Å². The van der Waals surface area contributed by atoms with Gasteiger partial charge >= 0.3 is 11.9 Å². The van der Waals surface area contributed by atoms with Crippen LogP contribution in [0.4, 0.5) is 0 Å². The summed E-state index contributed by atoms with van der Waals surface area (Å²) in [6, 6.07) is 7.76. The fourth-order valence-electron chi connectivity index (χ4n) is 3.71. The predicted octanol–water partition coefficient (Wildman–Crippen LogP) is 2.49. The number of esters is 2. The highest BCUT2D eigenvalue weighted by molar-refractivity contribution is 6.80. The molecule has 2 aliphatic rings. The molecule has 0 aliphatic carbocycles. The third-order valence-corrected chi connectivity index (χ3v) is 7.40. The Kier molecular flexibility index (Phi) is 3.50. The maximum Gasteiger partial charge on any atom is 0.337 e. The Morgan fingerprint density at radius 1 is 1.09 bits per heavy atom. The van der Waals surface area contributed by atoms with Crippen molar-refractivity contribution in [2.75, 3.05) is 14.2 Å².